The second-order valence-corrected chi connectivity index (χ2v) is 12.2. The molecular weight excluding hydrogens is 586 g/mol. The lowest BCUT2D eigenvalue weighted by Gasteiger charge is -2.11. The number of aryl methyl sites for hydroxylation is 1. The largest absolute Gasteiger partial charge is 0.497 e. The van der Waals surface area contributed by atoms with Crippen molar-refractivity contribution in [3.63, 3.8) is 0 Å². The first kappa shape index (κ1) is 30.0. The fraction of sp³-hybridized carbons (Fsp3) is 0.229. The fourth-order valence-corrected chi connectivity index (χ4v) is 5.82. The Morgan fingerprint density at radius 2 is 1.76 bits per heavy atom. The van der Waals surface area contributed by atoms with Gasteiger partial charge in [0, 0.05) is 23.7 Å². The molecule has 0 unspecified atom stereocenters. The Labute approximate surface area is 264 Å². The molecule has 0 amide bonds. The highest BCUT2D eigenvalue weighted by atomic mass is 32.1. The molecule has 0 aliphatic rings. The van der Waals surface area contributed by atoms with E-state index in [4.69, 9.17) is 14.6 Å². The van der Waals surface area contributed by atoms with Crippen LogP contribution >= 0.6 is 11.3 Å². The van der Waals surface area contributed by atoms with E-state index in [1.54, 1.807) is 17.9 Å². The second-order valence-electron chi connectivity index (χ2n) is 11.2. The van der Waals surface area contributed by atoms with Crippen LogP contribution in [0, 0.1) is 12.8 Å². The van der Waals surface area contributed by atoms with Crippen molar-refractivity contribution in [2.45, 2.75) is 33.6 Å². The summed E-state index contributed by atoms with van der Waals surface area (Å²) in [5.41, 5.74) is 4.50. The molecule has 228 valence electrons. The molecule has 3 heterocycles. The molecule has 0 saturated carbocycles. The van der Waals surface area contributed by atoms with Crippen LogP contribution in [0.25, 0.3) is 28.0 Å². The maximum atomic E-state index is 13.6. The van der Waals surface area contributed by atoms with Crippen molar-refractivity contribution >= 4 is 22.4 Å². The number of ether oxygens (including phenoxy) is 2. The van der Waals surface area contributed by atoms with E-state index in [0.29, 0.717) is 28.5 Å². The van der Waals surface area contributed by atoms with Gasteiger partial charge in [0.2, 0.25) is 4.96 Å². The molecule has 0 aliphatic heterocycles. The molecule has 3 aromatic heterocycles. The van der Waals surface area contributed by atoms with Crippen LogP contribution in [0.15, 0.2) is 88.6 Å². The summed E-state index contributed by atoms with van der Waals surface area (Å²) in [5, 5.41) is 9.34. The van der Waals surface area contributed by atoms with E-state index in [1.807, 2.05) is 79.9 Å². The summed E-state index contributed by atoms with van der Waals surface area (Å²) < 4.78 is 14.7. The number of aromatic nitrogens is 5. The van der Waals surface area contributed by atoms with Crippen LogP contribution in [-0.4, -0.2) is 38.1 Å². The van der Waals surface area contributed by atoms with Crippen LogP contribution < -0.4 is 25.1 Å². The van der Waals surface area contributed by atoms with E-state index in [0.717, 1.165) is 51.4 Å². The monoisotopic (exact) mass is 619 g/mol. The first-order valence-corrected chi connectivity index (χ1v) is 15.6. The fourth-order valence-electron chi connectivity index (χ4n) is 4.92. The lowest BCUT2D eigenvalue weighted by molar-refractivity contribution is 0.288. The molecule has 0 atom stereocenters. The van der Waals surface area contributed by atoms with E-state index in [1.165, 1.54) is 4.52 Å². The Hall–Kier alpha value is -5.09. The summed E-state index contributed by atoms with van der Waals surface area (Å²) in [4.78, 5) is 30.9. The summed E-state index contributed by atoms with van der Waals surface area (Å²) in [6.45, 7) is 7.03. The molecule has 10 heteroatoms. The van der Waals surface area contributed by atoms with Gasteiger partial charge in [0.05, 0.1) is 23.9 Å². The van der Waals surface area contributed by atoms with E-state index in [2.05, 4.69) is 30.0 Å². The van der Waals surface area contributed by atoms with Crippen molar-refractivity contribution in [2.75, 3.05) is 13.7 Å². The van der Waals surface area contributed by atoms with Gasteiger partial charge in [0.15, 0.2) is 0 Å². The number of rotatable bonds is 10. The Kier molecular flexibility index (Phi) is 8.57. The van der Waals surface area contributed by atoms with Gasteiger partial charge in [0.1, 0.15) is 22.9 Å². The zero-order valence-electron chi connectivity index (χ0n) is 25.6. The molecule has 6 aromatic rings. The summed E-state index contributed by atoms with van der Waals surface area (Å²) in [6.07, 6.45) is 4.92. The van der Waals surface area contributed by atoms with Gasteiger partial charge in [-0.15, -0.1) is 0 Å². The van der Waals surface area contributed by atoms with Gasteiger partial charge in [-0.05, 0) is 78.9 Å². The molecule has 0 N–H and O–H groups in total. The quantitative estimate of drug-likeness (QED) is 0.207. The van der Waals surface area contributed by atoms with E-state index < -0.39 is 5.56 Å². The molecule has 3 aromatic carbocycles. The number of hydrogen-bond acceptors (Lipinski definition) is 8. The van der Waals surface area contributed by atoms with Crippen LogP contribution in [0.4, 0.5) is 0 Å². The number of fused-ring (bicyclic) bond motifs is 1. The second kappa shape index (κ2) is 12.9. The first-order chi connectivity index (χ1) is 21.8. The molecule has 0 spiro atoms. The van der Waals surface area contributed by atoms with Gasteiger partial charge >= 0.3 is 0 Å². The molecule has 0 fully saturated rings. The van der Waals surface area contributed by atoms with Crippen molar-refractivity contribution < 1.29 is 9.47 Å². The molecule has 9 nitrogen and oxygen atoms in total. The van der Waals surface area contributed by atoms with E-state index in [-0.39, 0.29) is 22.6 Å². The Balaban J connectivity index is 1.40. The molecular formula is C35H33N5O4S. The van der Waals surface area contributed by atoms with Crippen molar-refractivity contribution in [2.24, 2.45) is 5.92 Å². The molecule has 0 saturated heterocycles. The smallest absolute Gasteiger partial charge is 0.296 e. The molecule has 0 radical (unpaired) electrons. The van der Waals surface area contributed by atoms with Crippen molar-refractivity contribution in [3.8, 4) is 28.4 Å². The normalized spacial score (nSPS) is 11.9. The number of methoxy groups -OCH3 is 1. The maximum Gasteiger partial charge on any atom is 0.296 e. The molecule has 0 aliphatic carbocycles. The predicted molar refractivity (Wildman–Crippen MR) is 177 cm³/mol. The Morgan fingerprint density at radius 3 is 2.47 bits per heavy atom. The number of benzene rings is 3. The molecule has 0 bridgehead atoms. The average Bonchev–Trinajstić information content (AvgIpc) is 3.59. The van der Waals surface area contributed by atoms with Crippen LogP contribution in [0.5, 0.6) is 11.5 Å². The summed E-state index contributed by atoms with van der Waals surface area (Å²) in [5.74, 6) is 2.12. The zero-order valence-corrected chi connectivity index (χ0v) is 26.4. The van der Waals surface area contributed by atoms with Crippen LogP contribution in [0.1, 0.15) is 42.7 Å². The van der Waals surface area contributed by atoms with Crippen molar-refractivity contribution in [1.82, 2.24) is 24.4 Å². The third-order valence-electron chi connectivity index (χ3n) is 7.43. The summed E-state index contributed by atoms with van der Waals surface area (Å²) >= 11 is 1.13. The third kappa shape index (κ3) is 6.56. The van der Waals surface area contributed by atoms with Crippen LogP contribution in [0.2, 0.25) is 0 Å². The Morgan fingerprint density at radius 1 is 0.978 bits per heavy atom. The zero-order chi connectivity index (χ0) is 31.5. The number of nitrogens with zero attached hydrogens (tertiary/aromatic N) is 5. The Bertz CT molecular complexity index is 2130. The summed E-state index contributed by atoms with van der Waals surface area (Å²) in [7, 11) is 1.60. The highest BCUT2D eigenvalue weighted by Crippen LogP contribution is 2.29. The van der Waals surface area contributed by atoms with E-state index in [9.17, 15) is 9.59 Å². The maximum absolute atomic E-state index is 13.6. The minimum atomic E-state index is -0.456. The van der Waals surface area contributed by atoms with Gasteiger partial charge < -0.3 is 9.47 Å². The predicted octanol–water partition coefficient (Wildman–Crippen LogP) is 5.24. The van der Waals surface area contributed by atoms with Gasteiger partial charge in [-0.3, -0.25) is 9.59 Å². The molecule has 6 rings (SSSR count). The highest BCUT2D eigenvalue weighted by Gasteiger charge is 2.16. The van der Waals surface area contributed by atoms with Gasteiger partial charge in [-0.1, -0.05) is 55.5 Å². The lowest BCUT2D eigenvalue weighted by atomic mass is 10.0. The number of hydrogen-bond donors (Lipinski definition) is 0. The first-order valence-electron chi connectivity index (χ1n) is 14.8. The number of para-hydroxylation sites is 1. The van der Waals surface area contributed by atoms with Crippen LogP contribution in [-0.2, 0) is 6.42 Å². The van der Waals surface area contributed by atoms with Gasteiger partial charge in [-0.2, -0.15) is 19.7 Å². The van der Waals surface area contributed by atoms with Crippen LogP contribution in [0.3, 0.4) is 0 Å². The van der Waals surface area contributed by atoms with Gasteiger partial charge in [-0.25, -0.2) is 4.68 Å². The summed E-state index contributed by atoms with van der Waals surface area (Å²) in [6, 6.07) is 23.2. The molecule has 45 heavy (non-hydrogen) atoms. The van der Waals surface area contributed by atoms with Gasteiger partial charge in [0.25, 0.3) is 11.1 Å². The standard InChI is InChI=1S/C35H33N5O4S/c1-22(2)16-17-44-30-15-12-25(18-23(30)3)32-26(21-39(38-32)27-8-6-5-7-9-27)20-31-34(42)40-35(45-31)36-33(41)29(37-40)19-24-10-13-28(43-4)14-11-24/h5-15,18,20-22H,16-17,19H2,1-4H3. The minimum absolute atomic E-state index is 0.197. The minimum Gasteiger partial charge on any atom is -0.497 e. The van der Waals surface area contributed by atoms with Crippen molar-refractivity contribution in [3.05, 3.63) is 127 Å². The van der Waals surface area contributed by atoms with E-state index >= 15 is 0 Å². The average molecular weight is 620 g/mol. The third-order valence-corrected chi connectivity index (χ3v) is 8.39. The number of thiazole rings is 1. The van der Waals surface area contributed by atoms with Crippen molar-refractivity contribution in [1.29, 1.82) is 0 Å². The SMILES string of the molecule is COc1ccc(Cc2nn3c(=O)c(=Cc4cn(-c5ccccc5)nc4-c4ccc(OCCC(C)C)c(C)c4)sc3nc2=O)cc1. The highest BCUT2D eigenvalue weighted by molar-refractivity contribution is 7.15. The lowest BCUT2D eigenvalue weighted by Crippen LogP contribution is -2.28. The topological polar surface area (TPSA) is 101 Å².